The fraction of sp³-hybridized carbons (Fsp3) is 0.600. The average Bonchev–Trinajstić information content (AvgIpc) is 2.48. The van der Waals surface area contributed by atoms with E-state index in [4.69, 9.17) is 4.74 Å². The minimum atomic E-state index is -0.579. The van der Waals surface area contributed by atoms with Gasteiger partial charge in [-0.15, -0.1) is 11.8 Å². The number of ether oxygens (including phenoxy) is 1. The molecule has 0 saturated carbocycles. The molecular formula is C15H23BrN2O2S. The van der Waals surface area contributed by atoms with Crippen molar-refractivity contribution < 1.29 is 9.53 Å². The van der Waals surface area contributed by atoms with E-state index in [2.05, 4.69) is 26.2 Å². The smallest absolute Gasteiger partial charge is 0.325 e. The molecule has 1 unspecified atom stereocenters. The van der Waals surface area contributed by atoms with Gasteiger partial charge in [0.25, 0.3) is 0 Å². The molecule has 0 saturated heterocycles. The van der Waals surface area contributed by atoms with Gasteiger partial charge in [-0.25, -0.2) is 4.98 Å². The van der Waals surface area contributed by atoms with E-state index in [-0.39, 0.29) is 5.97 Å². The fourth-order valence-corrected chi connectivity index (χ4v) is 3.17. The number of halogens is 1. The lowest BCUT2D eigenvalue weighted by molar-refractivity contribution is -0.148. The van der Waals surface area contributed by atoms with Crippen molar-refractivity contribution >= 4 is 33.7 Å². The number of carbonyl (C=O) groups is 1. The fourth-order valence-electron chi connectivity index (χ4n) is 2.08. The van der Waals surface area contributed by atoms with Crippen LogP contribution in [0, 0.1) is 0 Å². The predicted molar refractivity (Wildman–Crippen MR) is 90.6 cm³/mol. The van der Waals surface area contributed by atoms with E-state index < -0.39 is 5.54 Å². The number of unbranched alkanes of at least 4 members (excludes halogenated alkanes) is 1. The quantitative estimate of drug-likeness (QED) is 0.406. The summed E-state index contributed by atoms with van der Waals surface area (Å²) in [5, 5.41) is 4.25. The van der Waals surface area contributed by atoms with Crippen molar-refractivity contribution in [3.8, 4) is 0 Å². The van der Waals surface area contributed by atoms with Crippen LogP contribution in [0.5, 0.6) is 0 Å². The first-order chi connectivity index (χ1) is 10.0. The lowest BCUT2D eigenvalue weighted by Gasteiger charge is -2.27. The van der Waals surface area contributed by atoms with Gasteiger partial charge in [-0.3, -0.25) is 4.79 Å². The molecule has 0 aliphatic carbocycles. The molecule has 21 heavy (non-hydrogen) atoms. The number of esters is 1. The van der Waals surface area contributed by atoms with Crippen LogP contribution < -0.4 is 5.32 Å². The average molecular weight is 375 g/mol. The summed E-state index contributed by atoms with van der Waals surface area (Å²) >= 11 is 5.11. The molecule has 0 bridgehead atoms. The first-order valence-corrected chi connectivity index (χ1v) is 8.87. The van der Waals surface area contributed by atoms with Crippen LogP contribution in [0.25, 0.3) is 0 Å². The molecular weight excluding hydrogens is 352 g/mol. The lowest BCUT2D eigenvalue weighted by atomic mass is 9.95. The summed E-state index contributed by atoms with van der Waals surface area (Å²) in [6.45, 7) is 4.66. The largest absolute Gasteiger partial charge is 0.468 e. The second kappa shape index (κ2) is 9.43. The van der Waals surface area contributed by atoms with E-state index >= 15 is 0 Å². The van der Waals surface area contributed by atoms with Gasteiger partial charge in [0.2, 0.25) is 0 Å². The number of hydrogen-bond acceptors (Lipinski definition) is 5. The van der Waals surface area contributed by atoms with E-state index in [1.54, 1.807) is 11.8 Å². The van der Waals surface area contributed by atoms with Crippen LogP contribution in [-0.2, 0) is 9.53 Å². The minimum absolute atomic E-state index is 0.188. The van der Waals surface area contributed by atoms with Crippen LogP contribution in [0.2, 0.25) is 0 Å². The standard InChI is InChI=1S/C15H23BrN2O2S/c1-4-18-15(2,14(19)20-3)9-5-6-10-21-13-8-7-12(16)11-17-13/h7-8,11,18H,4-6,9-10H2,1-3H3. The number of hydrogen-bond donors (Lipinski definition) is 1. The molecule has 0 fully saturated rings. The van der Waals surface area contributed by atoms with E-state index in [1.807, 2.05) is 32.2 Å². The molecule has 0 radical (unpaired) electrons. The van der Waals surface area contributed by atoms with E-state index in [0.717, 1.165) is 41.1 Å². The van der Waals surface area contributed by atoms with E-state index in [0.29, 0.717) is 0 Å². The van der Waals surface area contributed by atoms with Gasteiger partial charge in [-0.1, -0.05) is 13.3 Å². The molecule has 1 rings (SSSR count). The first kappa shape index (κ1) is 18.5. The third-order valence-corrected chi connectivity index (χ3v) is 4.72. The van der Waals surface area contributed by atoms with Crippen LogP contribution >= 0.6 is 27.7 Å². The topological polar surface area (TPSA) is 51.2 Å². The molecule has 0 spiro atoms. The second-order valence-electron chi connectivity index (χ2n) is 4.97. The minimum Gasteiger partial charge on any atom is -0.468 e. The van der Waals surface area contributed by atoms with Gasteiger partial charge in [0, 0.05) is 10.7 Å². The SMILES string of the molecule is CCNC(C)(CCCCSc1ccc(Br)cn1)C(=O)OC. The number of aromatic nitrogens is 1. The van der Waals surface area contributed by atoms with Crippen molar-refractivity contribution in [3.05, 3.63) is 22.8 Å². The van der Waals surface area contributed by atoms with Crippen molar-refractivity contribution in [3.63, 3.8) is 0 Å². The highest BCUT2D eigenvalue weighted by molar-refractivity contribution is 9.10. The number of thioether (sulfide) groups is 1. The lowest BCUT2D eigenvalue weighted by Crippen LogP contribution is -2.50. The number of carbonyl (C=O) groups excluding carboxylic acids is 1. The van der Waals surface area contributed by atoms with Gasteiger partial charge in [0.05, 0.1) is 12.1 Å². The van der Waals surface area contributed by atoms with Crippen LogP contribution in [0.3, 0.4) is 0 Å². The highest BCUT2D eigenvalue weighted by Gasteiger charge is 2.32. The van der Waals surface area contributed by atoms with Gasteiger partial charge in [-0.05, 0) is 60.1 Å². The van der Waals surface area contributed by atoms with Crippen LogP contribution in [0.4, 0.5) is 0 Å². The molecule has 0 amide bonds. The number of nitrogens with one attached hydrogen (secondary N) is 1. The Hall–Kier alpha value is -0.590. The maximum Gasteiger partial charge on any atom is 0.325 e. The normalized spacial score (nSPS) is 13.7. The third kappa shape index (κ3) is 6.36. The zero-order valence-electron chi connectivity index (χ0n) is 12.8. The monoisotopic (exact) mass is 374 g/mol. The summed E-state index contributed by atoms with van der Waals surface area (Å²) in [5.41, 5.74) is -0.579. The highest BCUT2D eigenvalue weighted by atomic mass is 79.9. The molecule has 0 aliphatic heterocycles. The van der Waals surface area contributed by atoms with Crippen molar-refractivity contribution in [2.75, 3.05) is 19.4 Å². The molecule has 1 heterocycles. The number of rotatable bonds is 9. The zero-order chi connectivity index (χ0) is 15.7. The molecule has 1 aromatic heterocycles. The Morgan fingerprint density at radius 3 is 2.81 bits per heavy atom. The summed E-state index contributed by atoms with van der Waals surface area (Å²) in [4.78, 5) is 16.2. The molecule has 1 aromatic rings. The highest BCUT2D eigenvalue weighted by Crippen LogP contribution is 2.21. The van der Waals surface area contributed by atoms with Crippen molar-refractivity contribution in [1.29, 1.82) is 0 Å². The Kier molecular flexibility index (Phi) is 8.29. The van der Waals surface area contributed by atoms with Gasteiger partial charge < -0.3 is 10.1 Å². The Morgan fingerprint density at radius 1 is 1.48 bits per heavy atom. The van der Waals surface area contributed by atoms with Crippen LogP contribution in [-0.4, -0.2) is 35.9 Å². The van der Waals surface area contributed by atoms with Gasteiger partial charge in [-0.2, -0.15) is 0 Å². The van der Waals surface area contributed by atoms with Crippen molar-refractivity contribution in [2.45, 2.75) is 43.7 Å². The first-order valence-electron chi connectivity index (χ1n) is 7.09. The molecule has 1 N–H and O–H groups in total. The summed E-state index contributed by atoms with van der Waals surface area (Å²) in [5.74, 6) is 0.810. The summed E-state index contributed by atoms with van der Waals surface area (Å²) in [6, 6.07) is 4.00. The Balaban J connectivity index is 2.31. The predicted octanol–water partition coefficient (Wildman–Crippen LogP) is 3.65. The summed E-state index contributed by atoms with van der Waals surface area (Å²) in [7, 11) is 1.44. The van der Waals surface area contributed by atoms with E-state index in [1.165, 1.54) is 7.11 Å². The Morgan fingerprint density at radius 2 is 2.24 bits per heavy atom. The maximum atomic E-state index is 11.8. The number of pyridine rings is 1. The van der Waals surface area contributed by atoms with Crippen LogP contribution in [0.15, 0.2) is 27.8 Å². The molecule has 118 valence electrons. The van der Waals surface area contributed by atoms with E-state index in [9.17, 15) is 4.79 Å². The van der Waals surface area contributed by atoms with Gasteiger partial charge >= 0.3 is 5.97 Å². The third-order valence-electron chi connectivity index (χ3n) is 3.22. The zero-order valence-corrected chi connectivity index (χ0v) is 15.2. The van der Waals surface area contributed by atoms with Crippen molar-refractivity contribution in [1.82, 2.24) is 10.3 Å². The Bertz CT molecular complexity index is 442. The summed E-state index contributed by atoms with van der Waals surface area (Å²) < 4.78 is 5.88. The van der Waals surface area contributed by atoms with Crippen LogP contribution in [0.1, 0.15) is 33.1 Å². The summed E-state index contributed by atoms with van der Waals surface area (Å²) in [6.07, 6.45) is 4.60. The number of likely N-dealkylation sites (N-methyl/N-ethyl adjacent to an activating group) is 1. The second-order valence-corrected chi connectivity index (χ2v) is 7.01. The van der Waals surface area contributed by atoms with Gasteiger partial charge in [0.15, 0.2) is 0 Å². The number of methoxy groups -OCH3 is 1. The van der Waals surface area contributed by atoms with Gasteiger partial charge in [0.1, 0.15) is 5.54 Å². The molecule has 0 aliphatic rings. The molecule has 6 heteroatoms. The molecule has 4 nitrogen and oxygen atoms in total. The van der Waals surface area contributed by atoms with Crippen molar-refractivity contribution in [2.24, 2.45) is 0 Å². The maximum absolute atomic E-state index is 11.8. The number of nitrogens with zero attached hydrogens (tertiary/aromatic N) is 1. The molecule has 1 atom stereocenters. The Labute approximate surface area is 139 Å². The molecule has 0 aromatic carbocycles.